The Hall–Kier alpha value is -3.45. The predicted molar refractivity (Wildman–Crippen MR) is 132 cm³/mol. The molecule has 35 heavy (non-hydrogen) atoms. The molecular formula is C28H31FN2O4. The van der Waals surface area contributed by atoms with Crippen LogP contribution in [0.1, 0.15) is 43.2 Å². The summed E-state index contributed by atoms with van der Waals surface area (Å²) in [5, 5.41) is 0. The minimum atomic E-state index is -0.667. The van der Waals surface area contributed by atoms with Crippen molar-refractivity contribution in [3.05, 3.63) is 88.9 Å². The van der Waals surface area contributed by atoms with Crippen LogP contribution in [0.2, 0.25) is 0 Å². The number of carbonyl (C=O) groups is 1. The Morgan fingerprint density at radius 1 is 1.11 bits per heavy atom. The van der Waals surface area contributed by atoms with Crippen molar-refractivity contribution in [1.82, 2.24) is 4.98 Å². The van der Waals surface area contributed by atoms with Crippen molar-refractivity contribution < 1.29 is 23.4 Å². The molecule has 2 heterocycles. The second-order valence-electron chi connectivity index (χ2n) is 9.68. The smallest absolute Gasteiger partial charge is 0.415 e. The van der Waals surface area contributed by atoms with Gasteiger partial charge in [0.05, 0.1) is 19.3 Å². The van der Waals surface area contributed by atoms with E-state index in [1.807, 2.05) is 64.1 Å². The number of hydrogen-bond donors (Lipinski definition) is 0. The fourth-order valence-corrected chi connectivity index (χ4v) is 3.91. The van der Waals surface area contributed by atoms with E-state index in [0.29, 0.717) is 24.6 Å². The molecule has 0 bridgehead atoms. The summed E-state index contributed by atoms with van der Waals surface area (Å²) >= 11 is 0. The van der Waals surface area contributed by atoms with Gasteiger partial charge in [-0.3, -0.25) is 4.90 Å². The zero-order valence-corrected chi connectivity index (χ0v) is 20.6. The van der Waals surface area contributed by atoms with E-state index in [-0.39, 0.29) is 25.1 Å². The number of rotatable bonds is 6. The van der Waals surface area contributed by atoms with Gasteiger partial charge in [0, 0.05) is 5.69 Å². The van der Waals surface area contributed by atoms with Gasteiger partial charge in [0.1, 0.15) is 23.7 Å². The molecule has 2 aromatic carbocycles. The quantitative estimate of drug-likeness (QED) is 0.446. The van der Waals surface area contributed by atoms with E-state index >= 15 is 0 Å². The topological polar surface area (TPSA) is 60.9 Å². The lowest BCUT2D eigenvalue weighted by molar-refractivity contribution is 0.0448. The lowest BCUT2D eigenvalue weighted by Crippen LogP contribution is -2.51. The molecule has 1 amide bonds. The summed E-state index contributed by atoms with van der Waals surface area (Å²) in [5.41, 5.74) is 3.57. The molecule has 6 nitrogen and oxygen atoms in total. The standard InChI is InChI=1S/C28H31FN2O4/c1-19-22(14-20-10-12-23(29)13-11-20)15-25-26(30-19)34-18-24(31(25)27(32)35-28(2,3)4)17-33-16-21-8-6-5-7-9-21/h5-13,15,24H,14,16-18H2,1-4H3/t24-/m0/s1. The van der Waals surface area contributed by atoms with Crippen LogP contribution in [0.5, 0.6) is 5.88 Å². The molecule has 0 saturated heterocycles. The van der Waals surface area contributed by atoms with Gasteiger partial charge in [0.25, 0.3) is 0 Å². The zero-order valence-electron chi connectivity index (χ0n) is 20.6. The molecule has 0 unspecified atom stereocenters. The highest BCUT2D eigenvalue weighted by molar-refractivity contribution is 5.91. The van der Waals surface area contributed by atoms with Crippen LogP contribution in [0, 0.1) is 12.7 Å². The van der Waals surface area contributed by atoms with E-state index in [9.17, 15) is 9.18 Å². The van der Waals surface area contributed by atoms with Crippen molar-refractivity contribution in [2.24, 2.45) is 0 Å². The number of nitrogens with zero attached hydrogens (tertiary/aromatic N) is 2. The number of carbonyl (C=O) groups excluding carboxylic acids is 1. The van der Waals surface area contributed by atoms with Crippen LogP contribution in [0.15, 0.2) is 60.7 Å². The Balaban J connectivity index is 1.61. The summed E-state index contributed by atoms with van der Waals surface area (Å²) in [5.74, 6) is 0.104. The molecule has 1 aliphatic heterocycles. The Morgan fingerprint density at radius 2 is 1.83 bits per heavy atom. The minimum Gasteiger partial charge on any atom is -0.474 e. The molecule has 0 fully saturated rings. The monoisotopic (exact) mass is 478 g/mol. The summed E-state index contributed by atoms with van der Waals surface area (Å²) < 4.78 is 31.0. The first kappa shape index (κ1) is 24.7. The van der Waals surface area contributed by atoms with Gasteiger partial charge < -0.3 is 14.2 Å². The number of pyridine rings is 1. The molecule has 0 radical (unpaired) electrons. The van der Waals surface area contributed by atoms with Crippen LogP contribution in [0.3, 0.4) is 0 Å². The second kappa shape index (κ2) is 10.4. The molecule has 4 rings (SSSR count). The van der Waals surface area contributed by atoms with Gasteiger partial charge in [-0.05, 0) is 69.0 Å². The van der Waals surface area contributed by atoms with Crippen molar-refractivity contribution in [1.29, 1.82) is 0 Å². The number of benzene rings is 2. The molecule has 0 saturated carbocycles. The highest BCUT2D eigenvalue weighted by Gasteiger charge is 2.37. The average Bonchev–Trinajstić information content (AvgIpc) is 2.80. The number of amides is 1. The van der Waals surface area contributed by atoms with Gasteiger partial charge in [0.2, 0.25) is 5.88 Å². The molecule has 0 aliphatic carbocycles. The van der Waals surface area contributed by atoms with Crippen molar-refractivity contribution in [3.63, 3.8) is 0 Å². The fourth-order valence-electron chi connectivity index (χ4n) is 3.91. The van der Waals surface area contributed by atoms with E-state index in [4.69, 9.17) is 14.2 Å². The fraction of sp³-hybridized carbons (Fsp3) is 0.357. The highest BCUT2D eigenvalue weighted by Crippen LogP contribution is 2.36. The Kier molecular flexibility index (Phi) is 7.36. The van der Waals surface area contributed by atoms with E-state index < -0.39 is 11.7 Å². The zero-order chi connectivity index (χ0) is 25.0. The summed E-state index contributed by atoms with van der Waals surface area (Å²) in [6, 6.07) is 17.8. The van der Waals surface area contributed by atoms with Crippen molar-refractivity contribution >= 4 is 11.8 Å². The number of ether oxygens (including phenoxy) is 3. The van der Waals surface area contributed by atoms with Crippen molar-refractivity contribution in [2.45, 2.75) is 52.4 Å². The van der Waals surface area contributed by atoms with Crippen molar-refractivity contribution in [2.75, 3.05) is 18.1 Å². The maximum Gasteiger partial charge on any atom is 0.415 e. The average molecular weight is 479 g/mol. The first-order valence-corrected chi connectivity index (χ1v) is 11.7. The van der Waals surface area contributed by atoms with Gasteiger partial charge in [-0.15, -0.1) is 0 Å². The largest absolute Gasteiger partial charge is 0.474 e. The third-order valence-corrected chi connectivity index (χ3v) is 5.62. The number of aromatic nitrogens is 1. The highest BCUT2D eigenvalue weighted by atomic mass is 19.1. The number of fused-ring (bicyclic) bond motifs is 1. The maximum absolute atomic E-state index is 13.4. The van der Waals surface area contributed by atoms with Crippen LogP contribution in [0.25, 0.3) is 0 Å². The van der Waals surface area contributed by atoms with Gasteiger partial charge in [0.15, 0.2) is 0 Å². The molecular weight excluding hydrogens is 447 g/mol. The summed E-state index contributed by atoms with van der Waals surface area (Å²) in [4.78, 5) is 19.6. The lowest BCUT2D eigenvalue weighted by atomic mass is 10.0. The first-order valence-electron chi connectivity index (χ1n) is 11.7. The molecule has 184 valence electrons. The molecule has 3 aromatic rings. The van der Waals surface area contributed by atoms with E-state index in [1.165, 1.54) is 12.1 Å². The lowest BCUT2D eigenvalue weighted by Gasteiger charge is -2.37. The third kappa shape index (κ3) is 6.36. The number of aryl methyl sites for hydroxylation is 1. The molecule has 0 N–H and O–H groups in total. The van der Waals surface area contributed by atoms with Gasteiger partial charge in [-0.1, -0.05) is 42.5 Å². The first-order chi connectivity index (χ1) is 16.7. The second-order valence-corrected chi connectivity index (χ2v) is 9.68. The van der Waals surface area contributed by atoms with Gasteiger partial charge in [-0.25, -0.2) is 14.2 Å². The summed E-state index contributed by atoms with van der Waals surface area (Å²) in [6.45, 7) is 8.34. The molecule has 1 aromatic heterocycles. The van der Waals surface area contributed by atoms with Gasteiger partial charge in [-0.2, -0.15) is 0 Å². The van der Waals surface area contributed by atoms with Crippen LogP contribution in [-0.2, 0) is 22.5 Å². The minimum absolute atomic E-state index is 0.241. The normalized spacial score (nSPS) is 15.3. The molecule has 7 heteroatoms. The number of halogens is 1. The Labute approximate surface area is 205 Å². The van der Waals surface area contributed by atoms with Crippen molar-refractivity contribution in [3.8, 4) is 5.88 Å². The molecule has 1 atom stereocenters. The van der Waals surface area contributed by atoms with Crippen LogP contribution in [0.4, 0.5) is 14.9 Å². The van der Waals surface area contributed by atoms with Crippen LogP contribution >= 0.6 is 0 Å². The predicted octanol–water partition coefficient (Wildman–Crippen LogP) is 5.84. The number of hydrogen-bond acceptors (Lipinski definition) is 5. The molecule has 0 spiro atoms. The van der Waals surface area contributed by atoms with E-state index in [1.54, 1.807) is 17.0 Å². The van der Waals surface area contributed by atoms with Gasteiger partial charge >= 0.3 is 6.09 Å². The summed E-state index contributed by atoms with van der Waals surface area (Å²) in [6.07, 6.45) is 0.0674. The Bertz CT molecular complexity index is 1160. The number of anilines is 1. The third-order valence-electron chi connectivity index (χ3n) is 5.62. The van der Waals surface area contributed by atoms with Crippen LogP contribution in [-0.4, -0.2) is 35.9 Å². The Morgan fingerprint density at radius 3 is 2.51 bits per heavy atom. The van der Waals surface area contributed by atoms with Crippen LogP contribution < -0.4 is 9.64 Å². The maximum atomic E-state index is 13.4. The molecule has 1 aliphatic rings. The van der Waals surface area contributed by atoms with E-state index in [2.05, 4.69) is 4.98 Å². The van der Waals surface area contributed by atoms with E-state index in [0.717, 1.165) is 22.4 Å². The summed E-state index contributed by atoms with van der Waals surface area (Å²) in [7, 11) is 0. The SMILES string of the molecule is Cc1nc2c(cc1Cc1ccc(F)cc1)N(C(=O)OC(C)(C)C)[C@@H](COCc1ccccc1)CO2.